The second kappa shape index (κ2) is 5.26. The molecule has 0 saturated carbocycles. The predicted octanol–water partition coefficient (Wildman–Crippen LogP) is -0.166. The maximum Gasteiger partial charge on any atom is 0.394 e. The van der Waals surface area contributed by atoms with Gasteiger partial charge in [0.05, 0.1) is 12.8 Å². The summed E-state index contributed by atoms with van der Waals surface area (Å²) in [5, 5.41) is 0. The number of fused-ring (bicyclic) bond motifs is 1. The number of rotatable bonds is 2. The Hall–Kier alpha value is -3.10. The van der Waals surface area contributed by atoms with Crippen LogP contribution in [0.1, 0.15) is 10.7 Å². The van der Waals surface area contributed by atoms with Crippen molar-refractivity contribution in [3.8, 4) is 0 Å². The summed E-state index contributed by atoms with van der Waals surface area (Å²) in [6.07, 6.45) is 0. The fourth-order valence-corrected chi connectivity index (χ4v) is 1.45. The first-order valence-electron chi connectivity index (χ1n) is 5.42. The highest BCUT2D eigenvalue weighted by atomic mass is 16.5. The minimum absolute atomic E-state index is 0.0963. The lowest BCUT2D eigenvalue weighted by atomic mass is 10.3. The van der Waals surface area contributed by atoms with E-state index in [1.807, 2.05) is 0 Å². The van der Waals surface area contributed by atoms with Gasteiger partial charge in [0.2, 0.25) is 5.96 Å². The number of hydrogen-bond acceptors (Lipinski definition) is 5. The quantitative estimate of drug-likeness (QED) is 0.390. The van der Waals surface area contributed by atoms with Gasteiger partial charge >= 0.3 is 11.9 Å². The van der Waals surface area contributed by atoms with Gasteiger partial charge in [-0.05, 0) is 18.2 Å². The van der Waals surface area contributed by atoms with Gasteiger partial charge in [0.25, 0.3) is 0 Å². The van der Waals surface area contributed by atoms with E-state index in [-0.39, 0.29) is 17.8 Å². The van der Waals surface area contributed by atoms with Crippen molar-refractivity contribution < 1.29 is 13.9 Å². The number of aromatic nitrogens is 1. The number of nitrogens with two attached hydrogens (primary N) is 3. The van der Waals surface area contributed by atoms with Crippen LogP contribution >= 0.6 is 0 Å². The van der Waals surface area contributed by atoms with Crippen LogP contribution in [0.4, 0.5) is 5.69 Å². The van der Waals surface area contributed by atoms with E-state index in [2.05, 4.69) is 19.7 Å². The molecule has 1 heterocycles. The summed E-state index contributed by atoms with van der Waals surface area (Å²) in [7, 11) is 1.24. The van der Waals surface area contributed by atoms with Crippen LogP contribution in [0.5, 0.6) is 0 Å². The highest BCUT2D eigenvalue weighted by molar-refractivity contribution is 5.94. The lowest BCUT2D eigenvalue weighted by Crippen LogP contribution is -2.26. The average molecular weight is 276 g/mol. The zero-order chi connectivity index (χ0) is 14.7. The molecule has 20 heavy (non-hydrogen) atoms. The number of carbonyl (C=O) groups excluding carboxylic acids is 1. The molecule has 9 heteroatoms. The molecule has 1 aromatic heterocycles. The molecular formula is C11H12N6O3. The smallest absolute Gasteiger partial charge is 0.394 e. The molecular weight excluding hydrogens is 264 g/mol. The van der Waals surface area contributed by atoms with E-state index in [9.17, 15) is 4.79 Å². The second-order valence-electron chi connectivity index (χ2n) is 3.67. The number of ether oxygens (including phenoxy) is 1. The summed E-state index contributed by atoms with van der Waals surface area (Å²) < 4.78 is 9.73. The van der Waals surface area contributed by atoms with Crippen molar-refractivity contribution in [2.75, 3.05) is 7.11 Å². The third-order valence-electron chi connectivity index (χ3n) is 2.22. The van der Waals surface area contributed by atoms with Gasteiger partial charge in [-0.3, -0.25) is 0 Å². The van der Waals surface area contributed by atoms with Crippen molar-refractivity contribution in [1.29, 1.82) is 0 Å². The maximum absolute atomic E-state index is 11.3. The molecule has 0 unspecified atom stereocenters. The Morgan fingerprint density at radius 1 is 1.35 bits per heavy atom. The molecule has 0 aliphatic rings. The zero-order valence-corrected chi connectivity index (χ0v) is 10.5. The van der Waals surface area contributed by atoms with E-state index in [1.165, 1.54) is 7.11 Å². The Bertz CT molecular complexity index is 714. The highest BCUT2D eigenvalue weighted by Gasteiger charge is 2.14. The van der Waals surface area contributed by atoms with E-state index >= 15 is 0 Å². The molecule has 0 fully saturated rings. The molecule has 0 bridgehead atoms. The van der Waals surface area contributed by atoms with Crippen LogP contribution in [0.3, 0.4) is 0 Å². The summed E-state index contributed by atoms with van der Waals surface area (Å²) >= 11 is 0. The van der Waals surface area contributed by atoms with E-state index in [0.29, 0.717) is 16.8 Å². The number of methoxy groups -OCH3 is 1. The highest BCUT2D eigenvalue weighted by Crippen LogP contribution is 2.22. The number of esters is 1. The largest absolute Gasteiger partial charge is 0.462 e. The van der Waals surface area contributed by atoms with Crippen LogP contribution in [0.2, 0.25) is 0 Å². The Balaban J connectivity index is 2.39. The third kappa shape index (κ3) is 2.83. The molecule has 9 nitrogen and oxygen atoms in total. The van der Waals surface area contributed by atoms with E-state index in [1.54, 1.807) is 18.2 Å². The molecule has 1 aromatic carbocycles. The lowest BCUT2D eigenvalue weighted by Gasteiger charge is -1.95. The molecule has 0 aliphatic carbocycles. The van der Waals surface area contributed by atoms with Crippen LogP contribution in [0.25, 0.3) is 11.1 Å². The van der Waals surface area contributed by atoms with Gasteiger partial charge in [-0.15, -0.1) is 0 Å². The number of nitrogens with zero attached hydrogens (tertiary/aromatic N) is 3. The van der Waals surface area contributed by atoms with Crippen LogP contribution in [0, 0.1) is 0 Å². The monoisotopic (exact) mass is 276 g/mol. The first kappa shape index (κ1) is 13.3. The van der Waals surface area contributed by atoms with E-state index in [4.69, 9.17) is 21.6 Å². The molecule has 0 spiro atoms. The normalized spacial score (nSPS) is 11.3. The molecule has 0 radical (unpaired) electrons. The standard InChI is InChI=1S/C11H12N6O3/c1-19-9(18)8-16-6-4-5(2-3-7(6)20-8)15-11(14)17-10(12)13/h2-4H,1H3,(H6,12,13,14,15,17). The van der Waals surface area contributed by atoms with E-state index < -0.39 is 5.97 Å². The van der Waals surface area contributed by atoms with Gasteiger partial charge in [0, 0.05) is 0 Å². The minimum atomic E-state index is -0.661. The Labute approximate surface area is 113 Å². The van der Waals surface area contributed by atoms with Gasteiger partial charge in [-0.2, -0.15) is 4.99 Å². The third-order valence-corrected chi connectivity index (χ3v) is 2.22. The van der Waals surface area contributed by atoms with Gasteiger partial charge < -0.3 is 26.4 Å². The fourth-order valence-electron chi connectivity index (χ4n) is 1.45. The maximum atomic E-state index is 11.3. The Morgan fingerprint density at radius 3 is 2.75 bits per heavy atom. The molecule has 0 aliphatic heterocycles. The molecule has 0 amide bonds. The summed E-state index contributed by atoms with van der Waals surface area (Å²) in [5.41, 5.74) is 17.2. The van der Waals surface area contributed by atoms with Crippen molar-refractivity contribution in [3.63, 3.8) is 0 Å². The second-order valence-corrected chi connectivity index (χ2v) is 3.67. The molecule has 2 aromatic rings. The number of carbonyl (C=O) groups is 1. The van der Waals surface area contributed by atoms with Crippen LogP contribution in [-0.2, 0) is 4.74 Å². The topological polar surface area (TPSA) is 155 Å². The number of aliphatic imine (C=N–C) groups is 2. The average Bonchev–Trinajstić information content (AvgIpc) is 2.79. The van der Waals surface area contributed by atoms with E-state index in [0.717, 1.165) is 0 Å². The number of guanidine groups is 2. The number of benzene rings is 1. The van der Waals surface area contributed by atoms with Gasteiger partial charge in [-0.25, -0.2) is 14.8 Å². The van der Waals surface area contributed by atoms with Crippen molar-refractivity contribution in [1.82, 2.24) is 4.98 Å². The summed E-state index contributed by atoms with van der Waals surface area (Å²) in [5.74, 6) is -1.09. The molecule has 2 rings (SSSR count). The predicted molar refractivity (Wildman–Crippen MR) is 72.4 cm³/mol. The van der Waals surface area contributed by atoms with Gasteiger partial charge in [0.1, 0.15) is 5.52 Å². The Kier molecular flexibility index (Phi) is 3.51. The zero-order valence-electron chi connectivity index (χ0n) is 10.5. The van der Waals surface area contributed by atoms with Crippen molar-refractivity contribution in [2.24, 2.45) is 27.2 Å². The summed E-state index contributed by atoms with van der Waals surface area (Å²) in [4.78, 5) is 22.8. The summed E-state index contributed by atoms with van der Waals surface area (Å²) in [6, 6.07) is 4.78. The molecule has 6 N–H and O–H groups in total. The Morgan fingerprint density at radius 2 is 2.10 bits per heavy atom. The SMILES string of the molecule is COC(=O)c1nc2cc(N=C(N)N=C(N)N)ccc2o1. The van der Waals surface area contributed by atoms with Crippen molar-refractivity contribution >= 4 is 34.7 Å². The van der Waals surface area contributed by atoms with Crippen molar-refractivity contribution in [3.05, 3.63) is 24.1 Å². The van der Waals surface area contributed by atoms with Gasteiger partial charge in [0.15, 0.2) is 11.5 Å². The van der Waals surface area contributed by atoms with Crippen molar-refractivity contribution in [2.45, 2.75) is 0 Å². The lowest BCUT2D eigenvalue weighted by molar-refractivity contribution is 0.0558. The minimum Gasteiger partial charge on any atom is -0.462 e. The molecule has 104 valence electrons. The fraction of sp³-hybridized carbons (Fsp3) is 0.0909. The number of hydrogen-bond donors (Lipinski definition) is 3. The van der Waals surface area contributed by atoms with Crippen LogP contribution in [-0.4, -0.2) is 30.0 Å². The van der Waals surface area contributed by atoms with Crippen LogP contribution < -0.4 is 17.2 Å². The number of oxazole rings is 1. The summed E-state index contributed by atoms with van der Waals surface area (Å²) in [6.45, 7) is 0. The first-order valence-corrected chi connectivity index (χ1v) is 5.42. The first-order chi connectivity index (χ1) is 9.49. The van der Waals surface area contributed by atoms with Gasteiger partial charge in [-0.1, -0.05) is 0 Å². The molecule has 0 saturated heterocycles. The molecule has 0 atom stereocenters. The van der Waals surface area contributed by atoms with Crippen LogP contribution in [0.15, 0.2) is 32.6 Å².